The number of hydrogen-bond donors (Lipinski definition) is 0. The molecule has 0 bridgehead atoms. The number of rotatable bonds is 3. The number of hydrogen-bond acceptors (Lipinski definition) is 5. The van der Waals surface area contributed by atoms with Gasteiger partial charge in [-0.25, -0.2) is 4.18 Å². The molecule has 16 heavy (non-hydrogen) atoms. The van der Waals surface area contributed by atoms with Crippen LogP contribution in [-0.4, -0.2) is 20.5 Å². The number of pyridine rings is 1. The van der Waals surface area contributed by atoms with Gasteiger partial charge in [0, 0.05) is 11.6 Å². The minimum atomic E-state index is -3.96. The van der Waals surface area contributed by atoms with Gasteiger partial charge in [0.15, 0.2) is 0 Å². The third kappa shape index (κ3) is 2.29. The first-order chi connectivity index (χ1) is 7.61. The lowest BCUT2D eigenvalue weighted by molar-refractivity contribution is 0.330. The van der Waals surface area contributed by atoms with E-state index in [1.807, 2.05) is 6.07 Å². The summed E-state index contributed by atoms with van der Waals surface area (Å²) in [5.41, 5.74) is 0.768. The molecule has 1 aromatic heterocycles. The van der Waals surface area contributed by atoms with Gasteiger partial charge >= 0.3 is 10.4 Å². The van der Waals surface area contributed by atoms with Gasteiger partial charge in [-0.3, -0.25) is 4.98 Å². The predicted molar refractivity (Wildman–Crippen MR) is 58.3 cm³/mol. The maximum atomic E-state index is 11.0. The minimum absolute atomic E-state index is 0.197. The Morgan fingerprint density at radius 2 is 2.06 bits per heavy atom. The fraction of sp³-hybridized carbons (Fsp3) is 0.100. The summed E-state index contributed by atoms with van der Waals surface area (Å²) in [7, 11) is -2.92. The van der Waals surface area contributed by atoms with Crippen molar-refractivity contribution in [3.63, 3.8) is 0 Å². The van der Waals surface area contributed by atoms with Crippen molar-refractivity contribution in [3.8, 4) is 5.75 Å². The zero-order valence-electron chi connectivity index (χ0n) is 8.45. The molecule has 0 N–H and O–H groups in total. The molecule has 1 heterocycles. The normalized spacial score (nSPS) is 11.6. The monoisotopic (exact) mass is 239 g/mol. The van der Waals surface area contributed by atoms with E-state index < -0.39 is 10.4 Å². The Morgan fingerprint density at radius 3 is 2.81 bits per heavy atom. The Hall–Kier alpha value is -1.66. The van der Waals surface area contributed by atoms with Gasteiger partial charge in [-0.2, -0.15) is 8.42 Å². The molecule has 0 radical (unpaired) electrons. The Kier molecular flexibility index (Phi) is 2.76. The van der Waals surface area contributed by atoms with Crippen molar-refractivity contribution in [1.82, 2.24) is 4.98 Å². The van der Waals surface area contributed by atoms with Crippen LogP contribution in [0.15, 0.2) is 36.5 Å². The van der Waals surface area contributed by atoms with E-state index in [-0.39, 0.29) is 5.75 Å². The van der Waals surface area contributed by atoms with E-state index in [1.54, 1.807) is 24.4 Å². The summed E-state index contributed by atoms with van der Waals surface area (Å²) >= 11 is 0. The van der Waals surface area contributed by atoms with Crippen LogP contribution in [0.5, 0.6) is 5.75 Å². The van der Waals surface area contributed by atoms with Crippen LogP contribution in [0.4, 0.5) is 0 Å². The highest BCUT2D eigenvalue weighted by molar-refractivity contribution is 7.82. The van der Waals surface area contributed by atoms with Crippen molar-refractivity contribution < 1.29 is 16.8 Å². The van der Waals surface area contributed by atoms with Gasteiger partial charge in [0.1, 0.15) is 5.75 Å². The third-order valence-corrected chi connectivity index (χ3v) is 2.78. The topological polar surface area (TPSA) is 65.5 Å². The molecule has 5 nitrogen and oxygen atoms in total. The minimum Gasteiger partial charge on any atom is -0.362 e. The Bertz CT molecular complexity index is 609. The second kappa shape index (κ2) is 4.07. The molecule has 0 saturated carbocycles. The van der Waals surface area contributed by atoms with E-state index in [4.69, 9.17) is 0 Å². The van der Waals surface area contributed by atoms with Crippen LogP contribution in [0.1, 0.15) is 0 Å². The van der Waals surface area contributed by atoms with Crippen LogP contribution in [0.3, 0.4) is 0 Å². The van der Waals surface area contributed by atoms with Gasteiger partial charge in [-0.1, -0.05) is 6.07 Å². The summed E-state index contributed by atoms with van der Waals surface area (Å²) in [4.78, 5) is 4.10. The van der Waals surface area contributed by atoms with Gasteiger partial charge in [-0.15, -0.1) is 0 Å². The molecule has 0 amide bonds. The van der Waals surface area contributed by atoms with E-state index >= 15 is 0 Å². The molecule has 0 spiro atoms. The summed E-state index contributed by atoms with van der Waals surface area (Å²) in [6.07, 6.45) is 1.66. The van der Waals surface area contributed by atoms with Crippen molar-refractivity contribution in [3.05, 3.63) is 36.5 Å². The number of benzene rings is 1. The molecule has 6 heteroatoms. The predicted octanol–water partition coefficient (Wildman–Crippen LogP) is 1.50. The first kappa shape index (κ1) is 10.8. The molecule has 0 atom stereocenters. The highest BCUT2D eigenvalue weighted by atomic mass is 32.3. The Labute approximate surface area is 93.0 Å². The smallest absolute Gasteiger partial charge is 0.362 e. The molecule has 2 aromatic rings. The van der Waals surface area contributed by atoms with Crippen molar-refractivity contribution in [2.24, 2.45) is 0 Å². The largest absolute Gasteiger partial charge is 0.448 e. The summed E-state index contributed by atoms with van der Waals surface area (Å²) in [6, 6.07) is 8.35. The van der Waals surface area contributed by atoms with Gasteiger partial charge in [0.2, 0.25) is 0 Å². The lowest BCUT2D eigenvalue weighted by Gasteiger charge is -2.04. The zero-order valence-corrected chi connectivity index (χ0v) is 9.27. The first-order valence-corrected chi connectivity index (χ1v) is 5.79. The summed E-state index contributed by atoms with van der Waals surface area (Å²) in [6.45, 7) is 0. The van der Waals surface area contributed by atoms with Gasteiger partial charge in [0.25, 0.3) is 0 Å². The molecule has 0 aliphatic rings. The van der Waals surface area contributed by atoms with Crippen molar-refractivity contribution >= 4 is 21.3 Å². The van der Waals surface area contributed by atoms with Crippen molar-refractivity contribution in [1.29, 1.82) is 0 Å². The van der Waals surface area contributed by atoms with Crippen LogP contribution in [0.25, 0.3) is 10.9 Å². The standard InChI is InChI=1S/C10H9NO4S/c1-14-16(12,13)15-9-4-5-10-8(7-9)3-2-6-11-10/h2-7H,1H3. The van der Waals surface area contributed by atoms with E-state index in [2.05, 4.69) is 13.4 Å². The van der Waals surface area contributed by atoms with Crippen LogP contribution in [0.2, 0.25) is 0 Å². The molecule has 1 aromatic carbocycles. The van der Waals surface area contributed by atoms with E-state index in [1.165, 1.54) is 6.07 Å². The zero-order chi connectivity index (χ0) is 11.6. The number of aromatic nitrogens is 1. The van der Waals surface area contributed by atoms with Gasteiger partial charge in [0.05, 0.1) is 12.6 Å². The van der Waals surface area contributed by atoms with Crippen molar-refractivity contribution in [2.75, 3.05) is 7.11 Å². The van der Waals surface area contributed by atoms with Crippen LogP contribution in [-0.2, 0) is 14.6 Å². The fourth-order valence-electron chi connectivity index (χ4n) is 1.26. The first-order valence-electron chi connectivity index (χ1n) is 4.45. The van der Waals surface area contributed by atoms with Crippen molar-refractivity contribution in [2.45, 2.75) is 0 Å². The maximum absolute atomic E-state index is 11.0. The molecule has 0 unspecified atom stereocenters. The third-order valence-electron chi connectivity index (χ3n) is 1.98. The lowest BCUT2D eigenvalue weighted by atomic mass is 10.2. The average Bonchev–Trinajstić information content (AvgIpc) is 2.28. The highest BCUT2D eigenvalue weighted by Crippen LogP contribution is 2.20. The molecule has 0 saturated heterocycles. The quantitative estimate of drug-likeness (QED) is 0.812. The van der Waals surface area contributed by atoms with E-state index in [0.29, 0.717) is 0 Å². The molecule has 0 fully saturated rings. The average molecular weight is 239 g/mol. The molecular formula is C10H9NO4S. The van der Waals surface area contributed by atoms with E-state index in [9.17, 15) is 8.42 Å². The fourth-order valence-corrected chi connectivity index (χ4v) is 1.66. The molecular weight excluding hydrogens is 230 g/mol. The summed E-state index contributed by atoms with van der Waals surface area (Å²) in [5, 5.41) is 0.798. The number of fused-ring (bicyclic) bond motifs is 1. The summed E-state index contributed by atoms with van der Waals surface area (Å²) in [5.74, 6) is 0.197. The van der Waals surface area contributed by atoms with Crippen LogP contribution in [0, 0.1) is 0 Å². The maximum Gasteiger partial charge on any atom is 0.448 e. The van der Waals surface area contributed by atoms with E-state index in [0.717, 1.165) is 18.0 Å². The molecule has 0 aliphatic heterocycles. The highest BCUT2D eigenvalue weighted by Gasteiger charge is 2.10. The molecule has 2 rings (SSSR count). The van der Waals surface area contributed by atoms with Gasteiger partial charge < -0.3 is 4.18 Å². The van der Waals surface area contributed by atoms with Crippen LogP contribution >= 0.6 is 0 Å². The SMILES string of the molecule is COS(=O)(=O)Oc1ccc2ncccc2c1. The Morgan fingerprint density at radius 1 is 1.25 bits per heavy atom. The summed E-state index contributed by atoms with van der Waals surface area (Å²) < 4.78 is 31.0. The Balaban J connectivity index is 2.40. The molecule has 84 valence electrons. The lowest BCUT2D eigenvalue weighted by Crippen LogP contribution is -2.10. The second-order valence-electron chi connectivity index (χ2n) is 3.02. The van der Waals surface area contributed by atoms with Crippen LogP contribution < -0.4 is 4.18 Å². The van der Waals surface area contributed by atoms with Gasteiger partial charge in [-0.05, 0) is 24.3 Å². The number of nitrogens with zero attached hydrogens (tertiary/aromatic N) is 1. The molecule has 0 aliphatic carbocycles. The second-order valence-corrected chi connectivity index (χ2v) is 4.33.